The molecule has 80 valence electrons. The third-order valence-electron chi connectivity index (χ3n) is 2.72. The van der Waals surface area contributed by atoms with E-state index in [0.717, 1.165) is 0 Å². The number of carboxylic acid groups (broad SMARTS) is 1. The van der Waals surface area contributed by atoms with E-state index >= 15 is 0 Å². The number of carbonyl (C=O) groups excluding carboxylic acids is 1. The summed E-state index contributed by atoms with van der Waals surface area (Å²) in [6.45, 7) is 2.35. The topological polar surface area (TPSA) is 66.4 Å². The number of carbonyl (C=O) groups is 2. The monoisotopic (exact) mass is 199 g/mol. The molecule has 2 N–H and O–H groups in total. The molecule has 0 heterocycles. The van der Waals surface area contributed by atoms with Crippen LogP contribution in [0.5, 0.6) is 0 Å². The van der Waals surface area contributed by atoms with Crippen molar-refractivity contribution in [1.82, 2.24) is 5.32 Å². The summed E-state index contributed by atoms with van der Waals surface area (Å²) in [5, 5.41) is 11.3. The summed E-state index contributed by atoms with van der Waals surface area (Å²) >= 11 is 0. The first-order chi connectivity index (χ1) is 6.59. The Morgan fingerprint density at radius 3 is 2.57 bits per heavy atom. The minimum Gasteiger partial charge on any atom is -0.481 e. The Balaban J connectivity index is 2.15. The molecular weight excluding hydrogens is 182 g/mol. The molecule has 0 spiro atoms. The molecule has 1 aliphatic carbocycles. The zero-order valence-electron chi connectivity index (χ0n) is 8.45. The van der Waals surface area contributed by atoms with Crippen LogP contribution in [0.4, 0.5) is 0 Å². The summed E-state index contributed by atoms with van der Waals surface area (Å²) in [6, 6.07) is 0. The van der Waals surface area contributed by atoms with Gasteiger partial charge in [-0.05, 0) is 18.8 Å². The van der Waals surface area contributed by atoms with Crippen LogP contribution in [0.25, 0.3) is 0 Å². The zero-order chi connectivity index (χ0) is 10.6. The van der Waals surface area contributed by atoms with E-state index in [1.54, 1.807) is 6.92 Å². The highest BCUT2D eigenvalue weighted by Gasteiger charge is 2.20. The van der Waals surface area contributed by atoms with E-state index in [9.17, 15) is 9.59 Å². The van der Waals surface area contributed by atoms with Crippen LogP contribution in [0.15, 0.2) is 0 Å². The molecule has 1 unspecified atom stereocenters. The van der Waals surface area contributed by atoms with Crippen molar-refractivity contribution in [3.05, 3.63) is 0 Å². The van der Waals surface area contributed by atoms with Gasteiger partial charge in [-0.2, -0.15) is 0 Å². The summed E-state index contributed by atoms with van der Waals surface area (Å²) in [5.41, 5.74) is 0. The molecule has 0 aliphatic heterocycles. The van der Waals surface area contributed by atoms with E-state index in [0.29, 0.717) is 12.5 Å². The molecule has 0 aromatic heterocycles. The lowest BCUT2D eigenvalue weighted by Crippen LogP contribution is -2.36. The smallest absolute Gasteiger partial charge is 0.304 e. The molecule has 1 saturated carbocycles. The van der Waals surface area contributed by atoms with Gasteiger partial charge in [-0.3, -0.25) is 9.59 Å². The SMILES string of the molecule is CC(CC(=O)O)C(=O)NCC1CCC1. The Labute approximate surface area is 83.7 Å². The Morgan fingerprint density at radius 1 is 1.50 bits per heavy atom. The van der Waals surface area contributed by atoms with Crippen molar-refractivity contribution in [3.63, 3.8) is 0 Å². The van der Waals surface area contributed by atoms with Crippen molar-refractivity contribution in [1.29, 1.82) is 0 Å². The van der Waals surface area contributed by atoms with Gasteiger partial charge in [0.25, 0.3) is 0 Å². The van der Waals surface area contributed by atoms with Crippen LogP contribution in [0, 0.1) is 11.8 Å². The van der Waals surface area contributed by atoms with Gasteiger partial charge in [0.15, 0.2) is 0 Å². The number of hydrogen-bond acceptors (Lipinski definition) is 2. The van der Waals surface area contributed by atoms with Gasteiger partial charge in [0, 0.05) is 12.5 Å². The van der Waals surface area contributed by atoms with Crippen LogP contribution in [0.2, 0.25) is 0 Å². The predicted octanol–water partition coefficient (Wildman–Crippen LogP) is 1.01. The fraction of sp³-hybridized carbons (Fsp3) is 0.800. The van der Waals surface area contributed by atoms with E-state index in [-0.39, 0.29) is 12.3 Å². The van der Waals surface area contributed by atoms with Crippen molar-refractivity contribution in [2.45, 2.75) is 32.6 Å². The first-order valence-corrected chi connectivity index (χ1v) is 5.09. The van der Waals surface area contributed by atoms with Gasteiger partial charge >= 0.3 is 5.97 Å². The molecule has 1 fully saturated rings. The maximum absolute atomic E-state index is 11.3. The molecule has 14 heavy (non-hydrogen) atoms. The Kier molecular flexibility index (Phi) is 3.92. The second-order valence-electron chi connectivity index (χ2n) is 4.04. The van der Waals surface area contributed by atoms with Gasteiger partial charge in [0.1, 0.15) is 0 Å². The summed E-state index contributed by atoms with van der Waals surface area (Å²) < 4.78 is 0. The highest BCUT2D eigenvalue weighted by molar-refractivity contribution is 5.82. The van der Waals surface area contributed by atoms with Crippen LogP contribution >= 0.6 is 0 Å². The lowest BCUT2D eigenvalue weighted by molar-refractivity contribution is -0.140. The third-order valence-corrected chi connectivity index (χ3v) is 2.72. The van der Waals surface area contributed by atoms with Crippen LogP contribution in [0.3, 0.4) is 0 Å². The highest BCUT2D eigenvalue weighted by atomic mass is 16.4. The lowest BCUT2D eigenvalue weighted by Gasteiger charge is -2.25. The van der Waals surface area contributed by atoms with Crippen molar-refractivity contribution in [2.24, 2.45) is 11.8 Å². The minimum atomic E-state index is -0.920. The number of carboxylic acids is 1. The maximum atomic E-state index is 11.3. The molecule has 4 nitrogen and oxygen atoms in total. The van der Waals surface area contributed by atoms with Crippen LogP contribution < -0.4 is 5.32 Å². The maximum Gasteiger partial charge on any atom is 0.304 e. The molecule has 1 aliphatic rings. The van der Waals surface area contributed by atoms with Gasteiger partial charge in [-0.15, -0.1) is 0 Å². The van der Waals surface area contributed by atoms with Crippen LogP contribution in [0.1, 0.15) is 32.6 Å². The van der Waals surface area contributed by atoms with Gasteiger partial charge in [-0.1, -0.05) is 13.3 Å². The first-order valence-electron chi connectivity index (χ1n) is 5.09. The van der Waals surface area contributed by atoms with Crippen molar-refractivity contribution in [2.75, 3.05) is 6.54 Å². The number of amides is 1. The van der Waals surface area contributed by atoms with Crippen LogP contribution in [-0.4, -0.2) is 23.5 Å². The van der Waals surface area contributed by atoms with E-state index < -0.39 is 11.9 Å². The fourth-order valence-corrected chi connectivity index (χ4v) is 1.47. The van der Waals surface area contributed by atoms with E-state index in [4.69, 9.17) is 5.11 Å². The Morgan fingerprint density at radius 2 is 2.14 bits per heavy atom. The average molecular weight is 199 g/mol. The lowest BCUT2D eigenvalue weighted by atomic mass is 9.85. The van der Waals surface area contributed by atoms with E-state index in [1.807, 2.05) is 0 Å². The number of rotatable bonds is 5. The molecule has 0 saturated heterocycles. The van der Waals surface area contributed by atoms with E-state index in [1.165, 1.54) is 19.3 Å². The third kappa shape index (κ3) is 3.36. The first kappa shape index (κ1) is 11.0. The molecule has 0 bridgehead atoms. The molecule has 1 rings (SSSR count). The summed E-state index contributed by atoms with van der Waals surface area (Å²) in [7, 11) is 0. The van der Waals surface area contributed by atoms with Crippen molar-refractivity contribution >= 4 is 11.9 Å². The summed E-state index contributed by atoms with van der Waals surface area (Å²) in [4.78, 5) is 21.7. The van der Waals surface area contributed by atoms with Crippen molar-refractivity contribution < 1.29 is 14.7 Å². The Hall–Kier alpha value is -1.06. The number of hydrogen-bond donors (Lipinski definition) is 2. The summed E-state index contributed by atoms with van der Waals surface area (Å²) in [5.74, 6) is -0.862. The molecular formula is C10H17NO3. The molecule has 0 aromatic rings. The second-order valence-corrected chi connectivity index (χ2v) is 4.04. The molecule has 4 heteroatoms. The molecule has 1 atom stereocenters. The van der Waals surface area contributed by atoms with E-state index in [2.05, 4.69) is 5.32 Å². The van der Waals surface area contributed by atoms with Gasteiger partial charge in [0.2, 0.25) is 5.91 Å². The standard InChI is InChI=1S/C10H17NO3/c1-7(5-9(12)13)10(14)11-6-8-3-2-4-8/h7-8H,2-6H2,1H3,(H,11,14)(H,12,13). The number of nitrogens with one attached hydrogen (secondary N) is 1. The minimum absolute atomic E-state index is 0.0868. The second kappa shape index (κ2) is 4.98. The highest BCUT2D eigenvalue weighted by Crippen LogP contribution is 2.25. The molecule has 0 aromatic carbocycles. The number of aliphatic carboxylic acids is 1. The van der Waals surface area contributed by atoms with Crippen LogP contribution in [-0.2, 0) is 9.59 Å². The zero-order valence-corrected chi connectivity index (χ0v) is 8.45. The fourth-order valence-electron chi connectivity index (χ4n) is 1.47. The Bertz CT molecular complexity index is 223. The van der Waals surface area contributed by atoms with Gasteiger partial charge in [0.05, 0.1) is 6.42 Å². The largest absolute Gasteiger partial charge is 0.481 e. The average Bonchev–Trinajstić information content (AvgIpc) is 1.99. The molecule has 0 radical (unpaired) electrons. The normalized spacial score (nSPS) is 18.4. The molecule has 1 amide bonds. The quantitative estimate of drug-likeness (QED) is 0.694. The van der Waals surface area contributed by atoms with Gasteiger partial charge in [-0.25, -0.2) is 0 Å². The van der Waals surface area contributed by atoms with Crippen molar-refractivity contribution in [3.8, 4) is 0 Å². The van der Waals surface area contributed by atoms with Gasteiger partial charge < -0.3 is 10.4 Å². The summed E-state index contributed by atoms with van der Waals surface area (Å²) in [6.07, 6.45) is 3.54. The predicted molar refractivity (Wildman–Crippen MR) is 51.8 cm³/mol.